The molecule has 0 unspecified atom stereocenters. The molecule has 0 fully saturated rings. The minimum atomic E-state index is -1.01. The van der Waals surface area contributed by atoms with Crippen LogP contribution in [0.1, 0.15) is 16.7 Å². The van der Waals surface area contributed by atoms with E-state index < -0.39 is 5.97 Å². The first-order valence-electron chi connectivity index (χ1n) is 8.39. The molecule has 0 aromatic heterocycles. The maximum absolute atomic E-state index is 10.5. The predicted molar refractivity (Wildman–Crippen MR) is 106 cm³/mol. The summed E-state index contributed by atoms with van der Waals surface area (Å²) in [5.74, 6) is -0.517. The van der Waals surface area contributed by atoms with Gasteiger partial charge in [0.25, 0.3) is 0 Å². The number of carboxylic acids is 1. The van der Waals surface area contributed by atoms with Crippen molar-refractivity contribution < 1.29 is 14.6 Å². The number of hydrogen-bond donors (Lipinski definition) is 1. The average molecular weight is 358 g/mol. The van der Waals surface area contributed by atoms with Gasteiger partial charge in [0, 0.05) is 11.1 Å². The second kappa shape index (κ2) is 9.10. The van der Waals surface area contributed by atoms with Gasteiger partial charge in [-0.1, -0.05) is 60.7 Å². The molecule has 0 spiro atoms. The fourth-order valence-electron chi connectivity index (χ4n) is 2.42. The smallest absolute Gasteiger partial charge is 0.341 e. The van der Waals surface area contributed by atoms with Gasteiger partial charge in [0.05, 0.1) is 6.21 Å². The van der Waals surface area contributed by atoms with Gasteiger partial charge in [-0.3, -0.25) is 0 Å². The van der Waals surface area contributed by atoms with Crippen LogP contribution in [-0.2, 0) is 4.79 Å². The molecule has 0 aliphatic carbocycles. The maximum atomic E-state index is 10.5. The topological polar surface area (TPSA) is 71.2 Å². The van der Waals surface area contributed by atoms with Gasteiger partial charge in [-0.05, 0) is 29.8 Å². The first kappa shape index (κ1) is 18.1. The van der Waals surface area contributed by atoms with Gasteiger partial charge in [0.2, 0.25) is 0 Å². The summed E-state index contributed by atoms with van der Waals surface area (Å²) in [6.07, 6.45) is 1.65. The normalized spacial score (nSPS) is 10.5. The maximum Gasteiger partial charge on any atom is 0.341 e. The molecule has 134 valence electrons. The third-order valence-corrected chi connectivity index (χ3v) is 3.70. The molecule has 0 radical (unpaired) electrons. The predicted octanol–water partition coefficient (Wildman–Crippen LogP) is 4.02. The molecule has 0 bridgehead atoms. The quantitative estimate of drug-likeness (QED) is 0.512. The van der Waals surface area contributed by atoms with E-state index in [1.54, 1.807) is 30.5 Å². The average Bonchev–Trinajstić information content (AvgIpc) is 2.72. The number of benzene rings is 3. The van der Waals surface area contributed by atoms with Crippen LogP contribution in [0.3, 0.4) is 0 Å². The van der Waals surface area contributed by atoms with Gasteiger partial charge in [0.15, 0.2) is 6.61 Å². The first-order valence-corrected chi connectivity index (χ1v) is 8.39. The molecule has 0 saturated heterocycles. The molecule has 0 amide bonds. The van der Waals surface area contributed by atoms with Crippen molar-refractivity contribution in [1.82, 2.24) is 0 Å². The highest BCUT2D eigenvalue weighted by Crippen LogP contribution is 2.13. The van der Waals surface area contributed by atoms with Crippen LogP contribution >= 0.6 is 0 Å². The Morgan fingerprint density at radius 2 is 1.41 bits per heavy atom. The van der Waals surface area contributed by atoms with Crippen molar-refractivity contribution in [3.05, 3.63) is 102 Å². The van der Waals surface area contributed by atoms with Crippen LogP contribution in [0.5, 0.6) is 5.75 Å². The second-order valence-electron chi connectivity index (χ2n) is 5.68. The number of hydrogen-bond acceptors (Lipinski definition) is 4. The highest BCUT2D eigenvalue weighted by molar-refractivity contribution is 6.12. The minimum Gasteiger partial charge on any atom is -0.482 e. The first-order chi connectivity index (χ1) is 13.2. The van der Waals surface area contributed by atoms with E-state index in [0.29, 0.717) is 5.75 Å². The van der Waals surface area contributed by atoms with E-state index in [4.69, 9.17) is 9.84 Å². The summed E-state index contributed by atoms with van der Waals surface area (Å²) in [4.78, 5) is 10.5. The van der Waals surface area contributed by atoms with E-state index in [1.807, 2.05) is 60.7 Å². The van der Waals surface area contributed by atoms with Crippen LogP contribution in [0.25, 0.3) is 0 Å². The number of carbonyl (C=O) groups is 1. The van der Waals surface area contributed by atoms with Gasteiger partial charge >= 0.3 is 5.97 Å². The number of rotatable bonds is 7. The van der Waals surface area contributed by atoms with E-state index in [9.17, 15) is 4.79 Å². The van der Waals surface area contributed by atoms with Gasteiger partial charge in [-0.15, -0.1) is 5.10 Å². The van der Waals surface area contributed by atoms with E-state index in [-0.39, 0.29) is 6.61 Å². The third kappa shape index (κ3) is 5.37. The highest BCUT2D eigenvalue weighted by Gasteiger charge is 2.05. The number of ether oxygens (including phenoxy) is 1. The van der Waals surface area contributed by atoms with Crippen molar-refractivity contribution in [3.8, 4) is 5.75 Å². The lowest BCUT2D eigenvalue weighted by molar-refractivity contribution is -0.139. The molecule has 3 aromatic rings. The van der Waals surface area contributed by atoms with Crippen LogP contribution in [0.15, 0.2) is 95.1 Å². The summed E-state index contributed by atoms with van der Waals surface area (Å²) in [5, 5.41) is 17.3. The molecule has 0 heterocycles. The molecular formula is C22H18N2O3. The Balaban J connectivity index is 1.79. The van der Waals surface area contributed by atoms with Gasteiger partial charge < -0.3 is 9.84 Å². The molecule has 0 saturated carbocycles. The lowest BCUT2D eigenvalue weighted by atomic mass is 10.0. The van der Waals surface area contributed by atoms with Crippen molar-refractivity contribution in [2.24, 2.45) is 10.2 Å². The molecule has 0 aliphatic rings. The summed E-state index contributed by atoms with van der Waals surface area (Å²) in [5.41, 5.74) is 3.59. The summed E-state index contributed by atoms with van der Waals surface area (Å²) >= 11 is 0. The van der Waals surface area contributed by atoms with Gasteiger partial charge in [-0.2, -0.15) is 5.10 Å². The van der Waals surface area contributed by atoms with Crippen LogP contribution in [0, 0.1) is 0 Å². The summed E-state index contributed by atoms with van der Waals surface area (Å²) < 4.78 is 5.11. The fraction of sp³-hybridized carbons (Fsp3) is 0.0455. The molecular weight excluding hydrogens is 340 g/mol. The van der Waals surface area contributed by atoms with Crippen molar-refractivity contribution in [1.29, 1.82) is 0 Å². The lowest BCUT2D eigenvalue weighted by Crippen LogP contribution is -2.09. The molecule has 3 rings (SSSR count). The number of nitrogens with zero attached hydrogens (tertiary/aromatic N) is 2. The second-order valence-corrected chi connectivity index (χ2v) is 5.68. The Morgan fingerprint density at radius 3 is 1.93 bits per heavy atom. The Labute approximate surface area is 157 Å². The zero-order valence-corrected chi connectivity index (χ0v) is 14.5. The Bertz CT molecular complexity index is 893. The van der Waals surface area contributed by atoms with E-state index in [0.717, 1.165) is 22.4 Å². The van der Waals surface area contributed by atoms with E-state index >= 15 is 0 Å². The van der Waals surface area contributed by atoms with E-state index in [2.05, 4.69) is 10.2 Å². The highest BCUT2D eigenvalue weighted by atomic mass is 16.5. The third-order valence-electron chi connectivity index (χ3n) is 3.70. The zero-order valence-electron chi connectivity index (χ0n) is 14.5. The van der Waals surface area contributed by atoms with Crippen LogP contribution in [0.2, 0.25) is 0 Å². The van der Waals surface area contributed by atoms with Crippen LogP contribution < -0.4 is 4.74 Å². The molecule has 3 aromatic carbocycles. The van der Waals surface area contributed by atoms with E-state index in [1.165, 1.54) is 0 Å². The molecule has 0 aliphatic heterocycles. The summed E-state index contributed by atoms with van der Waals surface area (Å²) in [6, 6.07) is 26.8. The molecule has 5 heteroatoms. The zero-order chi connectivity index (χ0) is 18.9. The largest absolute Gasteiger partial charge is 0.482 e. The fourth-order valence-corrected chi connectivity index (χ4v) is 2.42. The number of carboxylic acid groups (broad SMARTS) is 1. The molecule has 0 atom stereocenters. The van der Waals surface area contributed by atoms with Crippen molar-refractivity contribution in [2.45, 2.75) is 0 Å². The SMILES string of the molecule is O=C(O)COc1ccc(/C=N/N=C(c2ccccc2)c2ccccc2)cc1. The van der Waals surface area contributed by atoms with Gasteiger partial charge in [0.1, 0.15) is 11.5 Å². The van der Waals surface area contributed by atoms with Gasteiger partial charge in [-0.25, -0.2) is 4.79 Å². The Kier molecular flexibility index (Phi) is 6.09. The van der Waals surface area contributed by atoms with Crippen molar-refractivity contribution >= 4 is 17.9 Å². The summed E-state index contributed by atoms with van der Waals surface area (Å²) in [7, 11) is 0. The standard InChI is InChI=1S/C22H18N2O3/c25-21(26)16-27-20-13-11-17(12-14-20)15-23-24-22(18-7-3-1-4-8-18)19-9-5-2-6-10-19/h1-15H,16H2,(H,25,26)/b23-15+. The molecule has 27 heavy (non-hydrogen) atoms. The van der Waals surface area contributed by atoms with Crippen LogP contribution in [0.4, 0.5) is 0 Å². The van der Waals surface area contributed by atoms with Crippen molar-refractivity contribution in [2.75, 3.05) is 6.61 Å². The molecule has 1 N–H and O–H groups in total. The Hall–Kier alpha value is -3.73. The monoisotopic (exact) mass is 358 g/mol. The summed E-state index contributed by atoms with van der Waals surface area (Å²) in [6.45, 7) is -0.366. The van der Waals surface area contributed by atoms with Crippen LogP contribution in [-0.4, -0.2) is 29.6 Å². The Morgan fingerprint density at radius 1 is 0.852 bits per heavy atom. The lowest BCUT2D eigenvalue weighted by Gasteiger charge is -2.05. The minimum absolute atomic E-state index is 0.366. The van der Waals surface area contributed by atoms with Crippen molar-refractivity contribution in [3.63, 3.8) is 0 Å². The molecule has 5 nitrogen and oxygen atoms in total. The number of aliphatic carboxylic acids is 1.